The number of rotatable bonds is 6. The molecule has 0 bridgehead atoms. The molecule has 120 valence electrons. The minimum absolute atomic E-state index is 0. The molecule has 1 unspecified atom stereocenters. The summed E-state index contributed by atoms with van der Waals surface area (Å²) < 4.78 is 37.6. The molecule has 1 aromatic carbocycles. The van der Waals surface area contributed by atoms with Crippen LogP contribution in [0.15, 0.2) is 18.2 Å². The summed E-state index contributed by atoms with van der Waals surface area (Å²) in [6.45, 7) is 2.21. The number of hydrogen-bond donors (Lipinski definition) is 3. The lowest BCUT2D eigenvalue weighted by Gasteiger charge is -2.10. The van der Waals surface area contributed by atoms with E-state index in [1.165, 1.54) is 6.07 Å². The van der Waals surface area contributed by atoms with Gasteiger partial charge in [-0.25, -0.2) is 12.8 Å². The van der Waals surface area contributed by atoms with Gasteiger partial charge < -0.3 is 11.1 Å². The van der Waals surface area contributed by atoms with E-state index in [0.717, 1.165) is 18.4 Å². The van der Waals surface area contributed by atoms with Crippen LogP contribution in [0.2, 0.25) is 0 Å². The van der Waals surface area contributed by atoms with Crippen LogP contribution in [0, 0.1) is 5.82 Å². The van der Waals surface area contributed by atoms with Gasteiger partial charge in [0.1, 0.15) is 5.82 Å². The van der Waals surface area contributed by atoms with Crippen LogP contribution in [0.5, 0.6) is 0 Å². The first kappa shape index (κ1) is 19.6. The largest absolute Gasteiger partial charge is 0.352 e. The molecule has 4 N–H and O–H groups in total. The highest BCUT2D eigenvalue weighted by Crippen LogP contribution is 2.17. The third-order valence-electron chi connectivity index (χ3n) is 2.41. The minimum atomic E-state index is -3.61. The Morgan fingerprint density at radius 1 is 1.43 bits per heavy atom. The normalized spacial score (nSPS) is 12.2. The molecule has 1 aromatic rings. The molecule has 0 radical (unpaired) electrons. The molecule has 0 aliphatic rings. The van der Waals surface area contributed by atoms with Crippen molar-refractivity contribution in [3.63, 3.8) is 0 Å². The summed E-state index contributed by atoms with van der Waals surface area (Å²) in [5.41, 5.74) is 5.46. The lowest BCUT2D eigenvalue weighted by Crippen LogP contribution is -2.29. The summed E-state index contributed by atoms with van der Waals surface area (Å²) in [6.07, 6.45) is 1.52. The number of carbonyl (C=O) groups excluding carboxylic acids is 1. The standard InChI is InChI=1S/C12H18FN3O3S.ClH/c1-8(14)5-6-15-12(17)9-3-4-10(13)11(7-9)16-20(2,18)19;/h3-4,7-8,16H,5-6,14H2,1-2H3,(H,15,17);1H. The van der Waals surface area contributed by atoms with Crippen LogP contribution in [0.3, 0.4) is 0 Å². The smallest absolute Gasteiger partial charge is 0.251 e. The first-order valence-electron chi connectivity index (χ1n) is 6.00. The Balaban J connectivity index is 0.00000400. The van der Waals surface area contributed by atoms with Crippen LogP contribution in [0.1, 0.15) is 23.7 Å². The van der Waals surface area contributed by atoms with Crippen molar-refractivity contribution in [3.05, 3.63) is 29.6 Å². The predicted molar refractivity (Wildman–Crippen MR) is 82.7 cm³/mol. The number of sulfonamides is 1. The van der Waals surface area contributed by atoms with Gasteiger partial charge in [-0.05, 0) is 31.5 Å². The van der Waals surface area contributed by atoms with Gasteiger partial charge in [-0.3, -0.25) is 9.52 Å². The molecule has 6 nitrogen and oxygen atoms in total. The minimum Gasteiger partial charge on any atom is -0.352 e. The molecule has 21 heavy (non-hydrogen) atoms. The van der Waals surface area contributed by atoms with Gasteiger partial charge in [-0.1, -0.05) is 0 Å². The van der Waals surface area contributed by atoms with E-state index in [-0.39, 0.29) is 29.7 Å². The number of benzene rings is 1. The second kappa shape index (κ2) is 8.16. The number of carbonyl (C=O) groups is 1. The average molecular weight is 340 g/mol. The number of nitrogens with two attached hydrogens (primary N) is 1. The van der Waals surface area contributed by atoms with E-state index >= 15 is 0 Å². The molecule has 1 amide bonds. The SMILES string of the molecule is CC(N)CCNC(=O)c1ccc(F)c(NS(C)(=O)=O)c1.Cl. The Labute approximate surface area is 129 Å². The molecule has 0 saturated heterocycles. The molecular formula is C12H19ClFN3O3S. The number of anilines is 1. The third-order valence-corrected chi connectivity index (χ3v) is 3.00. The summed E-state index contributed by atoms with van der Waals surface area (Å²) >= 11 is 0. The van der Waals surface area contributed by atoms with Crippen molar-refractivity contribution in [1.29, 1.82) is 0 Å². The zero-order valence-corrected chi connectivity index (χ0v) is 13.4. The molecule has 0 fully saturated rings. The fourth-order valence-electron chi connectivity index (χ4n) is 1.46. The van der Waals surface area contributed by atoms with Gasteiger partial charge in [-0.15, -0.1) is 12.4 Å². The van der Waals surface area contributed by atoms with Crippen LogP contribution in [-0.2, 0) is 10.0 Å². The highest BCUT2D eigenvalue weighted by molar-refractivity contribution is 7.92. The van der Waals surface area contributed by atoms with Gasteiger partial charge in [-0.2, -0.15) is 0 Å². The summed E-state index contributed by atoms with van der Waals surface area (Å²) in [5, 5.41) is 2.62. The Kier molecular flexibility index (Phi) is 7.62. The van der Waals surface area contributed by atoms with Gasteiger partial charge in [0.15, 0.2) is 0 Å². The van der Waals surface area contributed by atoms with E-state index in [1.54, 1.807) is 0 Å². The lowest BCUT2D eigenvalue weighted by atomic mass is 10.1. The Hall–Kier alpha value is -1.38. The van der Waals surface area contributed by atoms with Crippen molar-refractivity contribution in [2.24, 2.45) is 5.73 Å². The van der Waals surface area contributed by atoms with E-state index in [1.807, 2.05) is 11.6 Å². The zero-order valence-electron chi connectivity index (χ0n) is 11.7. The fourth-order valence-corrected chi connectivity index (χ4v) is 2.02. The van der Waals surface area contributed by atoms with E-state index in [4.69, 9.17) is 5.73 Å². The third kappa shape index (κ3) is 7.26. The summed E-state index contributed by atoms with van der Waals surface area (Å²) in [7, 11) is -3.61. The highest BCUT2D eigenvalue weighted by atomic mass is 35.5. The maximum atomic E-state index is 13.4. The molecule has 1 atom stereocenters. The maximum Gasteiger partial charge on any atom is 0.251 e. The topological polar surface area (TPSA) is 101 Å². The van der Waals surface area contributed by atoms with Gasteiger partial charge in [0, 0.05) is 18.2 Å². The lowest BCUT2D eigenvalue weighted by molar-refractivity contribution is 0.0953. The van der Waals surface area contributed by atoms with Crippen molar-refractivity contribution < 1.29 is 17.6 Å². The van der Waals surface area contributed by atoms with Crippen LogP contribution < -0.4 is 15.8 Å². The van der Waals surface area contributed by atoms with Gasteiger partial charge in [0.05, 0.1) is 11.9 Å². The monoisotopic (exact) mass is 339 g/mol. The van der Waals surface area contributed by atoms with E-state index in [2.05, 4.69) is 5.32 Å². The second-order valence-electron chi connectivity index (χ2n) is 4.59. The number of hydrogen-bond acceptors (Lipinski definition) is 4. The number of halogens is 2. The Bertz CT molecular complexity index is 593. The number of amides is 1. The van der Waals surface area contributed by atoms with Crippen molar-refractivity contribution in [1.82, 2.24) is 5.32 Å². The van der Waals surface area contributed by atoms with Crippen LogP contribution >= 0.6 is 12.4 Å². The van der Waals surface area contributed by atoms with Crippen molar-refractivity contribution in [2.45, 2.75) is 19.4 Å². The molecule has 0 spiro atoms. The predicted octanol–water partition coefficient (Wildman–Crippen LogP) is 1.09. The van der Waals surface area contributed by atoms with Gasteiger partial charge >= 0.3 is 0 Å². The average Bonchev–Trinajstić information content (AvgIpc) is 2.29. The Morgan fingerprint density at radius 3 is 2.57 bits per heavy atom. The van der Waals surface area contributed by atoms with Gasteiger partial charge in [0.2, 0.25) is 10.0 Å². The fraction of sp³-hybridized carbons (Fsp3) is 0.417. The van der Waals surface area contributed by atoms with Crippen LogP contribution in [0.25, 0.3) is 0 Å². The van der Waals surface area contributed by atoms with E-state index in [0.29, 0.717) is 13.0 Å². The second-order valence-corrected chi connectivity index (χ2v) is 6.34. The van der Waals surface area contributed by atoms with E-state index in [9.17, 15) is 17.6 Å². The summed E-state index contributed by atoms with van der Waals surface area (Å²) in [6, 6.07) is 3.43. The van der Waals surface area contributed by atoms with Gasteiger partial charge in [0.25, 0.3) is 5.91 Å². The zero-order chi connectivity index (χ0) is 15.3. The van der Waals surface area contributed by atoms with Crippen molar-refractivity contribution in [3.8, 4) is 0 Å². The highest BCUT2D eigenvalue weighted by Gasteiger charge is 2.12. The van der Waals surface area contributed by atoms with Crippen molar-refractivity contribution >= 4 is 34.0 Å². The number of nitrogens with one attached hydrogen (secondary N) is 2. The first-order valence-corrected chi connectivity index (χ1v) is 7.89. The molecule has 0 aromatic heterocycles. The van der Waals surface area contributed by atoms with Crippen LogP contribution in [0.4, 0.5) is 10.1 Å². The molecule has 0 aliphatic heterocycles. The molecule has 0 aliphatic carbocycles. The summed E-state index contributed by atoms with van der Waals surface area (Å²) in [4.78, 5) is 11.8. The quantitative estimate of drug-likeness (QED) is 0.722. The Morgan fingerprint density at radius 2 is 2.05 bits per heavy atom. The van der Waals surface area contributed by atoms with Crippen molar-refractivity contribution in [2.75, 3.05) is 17.5 Å². The molecular weight excluding hydrogens is 321 g/mol. The summed E-state index contributed by atoms with van der Waals surface area (Å²) in [5.74, 6) is -1.16. The van der Waals surface area contributed by atoms with E-state index < -0.39 is 21.7 Å². The molecule has 1 rings (SSSR count). The first-order chi connectivity index (χ1) is 9.19. The van der Waals surface area contributed by atoms with Crippen LogP contribution in [-0.4, -0.2) is 33.2 Å². The molecule has 9 heteroatoms. The molecule has 0 heterocycles. The maximum absolute atomic E-state index is 13.4. The molecule has 0 saturated carbocycles.